The maximum atomic E-state index is 8.93. The fraction of sp³-hybridized carbons (Fsp3) is 0.714. The minimum absolute atomic E-state index is 0.0566. The maximum Gasteiger partial charge on any atom is 0.112 e. The predicted molar refractivity (Wildman–Crippen MR) is 76.4 cm³/mol. The third-order valence-electron chi connectivity index (χ3n) is 3.07. The van der Waals surface area contributed by atoms with Crippen LogP contribution in [0.1, 0.15) is 52.0 Å². The molecule has 1 rings (SSSR count). The fourth-order valence-electron chi connectivity index (χ4n) is 1.76. The van der Waals surface area contributed by atoms with Gasteiger partial charge in [-0.25, -0.2) is 4.98 Å². The number of nitrogens with zero attached hydrogens (tertiary/aromatic N) is 2. The molecule has 0 amide bonds. The molecule has 1 aromatic rings. The standard InChI is InChI=1S/C14H23N3S/c1-13(2,11-15)7-5-6-8-17-14(3,4)12-16-9-10-18-12/h9-10,17H,5-8H2,1-4H3. The van der Waals surface area contributed by atoms with Gasteiger partial charge in [-0.1, -0.05) is 6.42 Å². The molecule has 0 unspecified atom stereocenters. The monoisotopic (exact) mass is 265 g/mol. The molecular weight excluding hydrogens is 242 g/mol. The van der Waals surface area contributed by atoms with E-state index in [0.29, 0.717) is 0 Å². The molecule has 0 saturated heterocycles. The van der Waals surface area contributed by atoms with E-state index in [-0.39, 0.29) is 11.0 Å². The molecule has 0 atom stereocenters. The van der Waals surface area contributed by atoms with Gasteiger partial charge in [0.05, 0.1) is 17.0 Å². The molecule has 4 heteroatoms. The lowest BCUT2D eigenvalue weighted by Gasteiger charge is -2.24. The molecule has 0 aliphatic heterocycles. The van der Waals surface area contributed by atoms with Crippen molar-refractivity contribution in [1.29, 1.82) is 5.26 Å². The highest BCUT2D eigenvalue weighted by Crippen LogP contribution is 2.23. The van der Waals surface area contributed by atoms with Gasteiger partial charge in [0.1, 0.15) is 5.01 Å². The largest absolute Gasteiger partial charge is 0.306 e. The van der Waals surface area contributed by atoms with Crippen LogP contribution in [-0.2, 0) is 5.54 Å². The van der Waals surface area contributed by atoms with E-state index in [1.807, 2.05) is 25.4 Å². The van der Waals surface area contributed by atoms with Crippen LogP contribution >= 0.6 is 11.3 Å². The lowest BCUT2D eigenvalue weighted by Crippen LogP contribution is -2.37. The van der Waals surface area contributed by atoms with Crippen LogP contribution in [-0.4, -0.2) is 11.5 Å². The molecule has 0 saturated carbocycles. The van der Waals surface area contributed by atoms with Crippen LogP contribution in [0.2, 0.25) is 0 Å². The number of hydrogen-bond acceptors (Lipinski definition) is 4. The van der Waals surface area contributed by atoms with Gasteiger partial charge in [-0.15, -0.1) is 11.3 Å². The maximum absolute atomic E-state index is 8.93. The third-order valence-corrected chi connectivity index (χ3v) is 4.16. The highest BCUT2D eigenvalue weighted by molar-refractivity contribution is 7.09. The van der Waals surface area contributed by atoms with Gasteiger partial charge in [0.15, 0.2) is 0 Å². The SMILES string of the molecule is CC(C)(C#N)CCCCNC(C)(C)c1nccs1. The first-order valence-electron chi connectivity index (χ1n) is 6.44. The van der Waals surface area contributed by atoms with E-state index in [1.54, 1.807) is 11.3 Å². The number of rotatable bonds is 7. The zero-order valence-corrected chi connectivity index (χ0v) is 12.6. The first-order valence-corrected chi connectivity index (χ1v) is 7.32. The zero-order valence-electron chi connectivity index (χ0n) is 11.8. The Balaban J connectivity index is 2.25. The number of nitrogens with one attached hydrogen (secondary N) is 1. The molecule has 18 heavy (non-hydrogen) atoms. The summed E-state index contributed by atoms with van der Waals surface area (Å²) < 4.78 is 0. The Morgan fingerprint density at radius 2 is 2.06 bits per heavy atom. The Kier molecular flexibility index (Phi) is 5.30. The van der Waals surface area contributed by atoms with Gasteiger partial charge in [0, 0.05) is 11.6 Å². The van der Waals surface area contributed by atoms with E-state index < -0.39 is 0 Å². The van der Waals surface area contributed by atoms with Crippen molar-refractivity contribution in [2.45, 2.75) is 52.5 Å². The van der Waals surface area contributed by atoms with Gasteiger partial charge in [-0.05, 0) is 47.1 Å². The second-order valence-corrected chi connectivity index (χ2v) is 6.74. The van der Waals surface area contributed by atoms with E-state index >= 15 is 0 Å². The first-order chi connectivity index (χ1) is 8.37. The quantitative estimate of drug-likeness (QED) is 0.765. The Bertz CT molecular complexity index is 388. The van der Waals surface area contributed by atoms with Crippen molar-refractivity contribution in [3.05, 3.63) is 16.6 Å². The summed E-state index contributed by atoms with van der Waals surface area (Å²) >= 11 is 1.68. The summed E-state index contributed by atoms with van der Waals surface area (Å²) in [5.41, 5.74) is -0.246. The Labute approximate surface area is 114 Å². The number of thiazole rings is 1. The topological polar surface area (TPSA) is 48.7 Å². The summed E-state index contributed by atoms with van der Waals surface area (Å²) in [6.07, 6.45) is 4.99. The molecule has 1 N–H and O–H groups in total. The predicted octanol–water partition coefficient (Wildman–Crippen LogP) is 3.69. The van der Waals surface area contributed by atoms with Crippen LogP contribution in [0.5, 0.6) is 0 Å². The molecule has 100 valence electrons. The molecule has 3 nitrogen and oxygen atoms in total. The average molecular weight is 265 g/mol. The van der Waals surface area contributed by atoms with E-state index in [9.17, 15) is 0 Å². The molecule has 1 aromatic heterocycles. The normalized spacial score (nSPS) is 12.4. The smallest absolute Gasteiger partial charge is 0.112 e. The van der Waals surface area contributed by atoms with Gasteiger partial charge in [0.25, 0.3) is 0 Å². The van der Waals surface area contributed by atoms with E-state index in [0.717, 1.165) is 30.8 Å². The van der Waals surface area contributed by atoms with Crippen molar-refractivity contribution in [3.8, 4) is 6.07 Å². The van der Waals surface area contributed by atoms with Gasteiger partial charge < -0.3 is 5.32 Å². The Morgan fingerprint density at radius 1 is 1.33 bits per heavy atom. The molecule has 0 aliphatic carbocycles. The molecule has 0 radical (unpaired) electrons. The second kappa shape index (κ2) is 6.31. The minimum Gasteiger partial charge on any atom is -0.306 e. The molecule has 0 aromatic carbocycles. The van der Waals surface area contributed by atoms with Gasteiger partial charge in [-0.2, -0.15) is 5.26 Å². The van der Waals surface area contributed by atoms with Gasteiger partial charge in [-0.3, -0.25) is 0 Å². The second-order valence-electron chi connectivity index (χ2n) is 5.84. The number of hydrogen-bond donors (Lipinski definition) is 1. The Hall–Kier alpha value is -0.920. The molecule has 0 spiro atoms. The van der Waals surface area contributed by atoms with Crippen molar-refractivity contribution in [2.24, 2.45) is 5.41 Å². The van der Waals surface area contributed by atoms with Crippen molar-refractivity contribution in [3.63, 3.8) is 0 Å². The van der Waals surface area contributed by atoms with Gasteiger partial charge >= 0.3 is 0 Å². The van der Waals surface area contributed by atoms with Crippen LogP contribution in [0.4, 0.5) is 0 Å². The summed E-state index contributed by atoms with van der Waals surface area (Å²) in [5.74, 6) is 0. The number of nitriles is 1. The van der Waals surface area contributed by atoms with E-state index in [1.165, 1.54) is 0 Å². The van der Waals surface area contributed by atoms with Crippen molar-refractivity contribution in [1.82, 2.24) is 10.3 Å². The number of aromatic nitrogens is 1. The molecule has 0 aliphatic rings. The van der Waals surface area contributed by atoms with E-state index in [2.05, 4.69) is 30.2 Å². The summed E-state index contributed by atoms with van der Waals surface area (Å²) in [5, 5.41) is 15.6. The lowest BCUT2D eigenvalue weighted by molar-refractivity contribution is 0.375. The summed E-state index contributed by atoms with van der Waals surface area (Å²) in [7, 11) is 0. The summed E-state index contributed by atoms with van der Waals surface area (Å²) in [6, 6.07) is 2.34. The summed E-state index contributed by atoms with van der Waals surface area (Å²) in [4.78, 5) is 4.35. The molecule has 0 bridgehead atoms. The first kappa shape index (κ1) is 15.1. The lowest BCUT2D eigenvalue weighted by atomic mass is 9.89. The van der Waals surface area contributed by atoms with Crippen LogP contribution in [0.3, 0.4) is 0 Å². The number of unbranched alkanes of at least 4 members (excludes halogenated alkanes) is 1. The van der Waals surface area contributed by atoms with E-state index in [4.69, 9.17) is 5.26 Å². The van der Waals surface area contributed by atoms with Crippen LogP contribution in [0.25, 0.3) is 0 Å². The fourth-order valence-corrected chi connectivity index (χ4v) is 2.50. The average Bonchev–Trinajstić information content (AvgIpc) is 2.82. The highest BCUT2D eigenvalue weighted by Gasteiger charge is 2.22. The van der Waals surface area contributed by atoms with Crippen LogP contribution in [0, 0.1) is 16.7 Å². The van der Waals surface area contributed by atoms with Crippen molar-refractivity contribution in [2.75, 3.05) is 6.54 Å². The van der Waals surface area contributed by atoms with Crippen LogP contribution < -0.4 is 5.32 Å². The zero-order chi connectivity index (χ0) is 13.6. The van der Waals surface area contributed by atoms with Gasteiger partial charge in [0.2, 0.25) is 0 Å². The minimum atomic E-state index is -0.190. The molecule has 0 fully saturated rings. The third kappa shape index (κ3) is 4.75. The van der Waals surface area contributed by atoms with Crippen molar-refractivity contribution >= 4 is 11.3 Å². The van der Waals surface area contributed by atoms with Crippen molar-refractivity contribution < 1.29 is 0 Å². The molecule has 1 heterocycles. The molecular formula is C14H23N3S. The Morgan fingerprint density at radius 3 is 2.61 bits per heavy atom. The highest BCUT2D eigenvalue weighted by atomic mass is 32.1. The summed E-state index contributed by atoms with van der Waals surface area (Å²) in [6.45, 7) is 9.28. The van der Waals surface area contributed by atoms with Crippen LogP contribution in [0.15, 0.2) is 11.6 Å².